The van der Waals surface area contributed by atoms with Crippen LogP contribution in [-0.4, -0.2) is 37.0 Å². The molecule has 3 aromatic rings. The van der Waals surface area contributed by atoms with Gasteiger partial charge in [0.05, 0.1) is 32.6 Å². The lowest BCUT2D eigenvalue weighted by atomic mass is 10.1. The van der Waals surface area contributed by atoms with E-state index in [-0.39, 0.29) is 5.69 Å². The molecule has 174 valence electrons. The fourth-order valence-corrected chi connectivity index (χ4v) is 3.05. The number of anilines is 1. The molecule has 1 amide bonds. The zero-order valence-corrected chi connectivity index (χ0v) is 17.9. The van der Waals surface area contributed by atoms with Crippen molar-refractivity contribution in [3.63, 3.8) is 0 Å². The number of hydrogen-bond acceptors (Lipinski definition) is 6. The van der Waals surface area contributed by atoms with Gasteiger partial charge in [0.25, 0.3) is 5.56 Å². The van der Waals surface area contributed by atoms with Crippen molar-refractivity contribution in [2.45, 2.75) is 12.7 Å². The van der Waals surface area contributed by atoms with Crippen LogP contribution in [0.2, 0.25) is 0 Å². The van der Waals surface area contributed by atoms with Crippen molar-refractivity contribution in [3.8, 4) is 28.5 Å². The molecule has 0 spiro atoms. The van der Waals surface area contributed by atoms with E-state index >= 15 is 0 Å². The number of aromatic nitrogens is 2. The van der Waals surface area contributed by atoms with E-state index in [0.717, 1.165) is 16.8 Å². The van der Waals surface area contributed by atoms with Gasteiger partial charge in [0.15, 0.2) is 11.5 Å². The molecule has 3 rings (SSSR count). The molecule has 1 aromatic heterocycles. The first-order valence-electron chi connectivity index (χ1n) is 9.52. The first-order chi connectivity index (χ1) is 15.7. The maximum absolute atomic E-state index is 12.9. The number of methoxy groups -OCH3 is 3. The largest absolute Gasteiger partial charge is 0.493 e. The van der Waals surface area contributed by atoms with Crippen LogP contribution in [0.5, 0.6) is 17.2 Å². The highest BCUT2D eigenvalue weighted by Crippen LogP contribution is 2.40. The third kappa shape index (κ3) is 5.43. The Morgan fingerprint density at radius 1 is 1.00 bits per heavy atom. The molecule has 8 nitrogen and oxygen atoms in total. The van der Waals surface area contributed by atoms with Gasteiger partial charge in [0, 0.05) is 17.3 Å². The van der Waals surface area contributed by atoms with Crippen molar-refractivity contribution in [1.29, 1.82) is 0 Å². The first kappa shape index (κ1) is 23.6. The molecule has 0 fully saturated rings. The minimum atomic E-state index is -4.55. The fourth-order valence-electron chi connectivity index (χ4n) is 3.05. The lowest BCUT2D eigenvalue weighted by Gasteiger charge is -2.14. The average molecular weight is 463 g/mol. The monoisotopic (exact) mass is 463 g/mol. The molecule has 1 heterocycles. The van der Waals surface area contributed by atoms with Crippen LogP contribution in [0.1, 0.15) is 5.56 Å². The van der Waals surface area contributed by atoms with Crippen LogP contribution in [0.3, 0.4) is 0 Å². The van der Waals surface area contributed by atoms with Gasteiger partial charge in [-0.2, -0.15) is 18.3 Å². The number of amides is 1. The Labute approximate surface area is 186 Å². The summed E-state index contributed by atoms with van der Waals surface area (Å²) in [6.07, 6.45) is -4.55. The number of ether oxygens (including phenoxy) is 3. The van der Waals surface area contributed by atoms with Crippen LogP contribution in [0.15, 0.2) is 53.3 Å². The number of nitrogens with zero attached hydrogens (tertiary/aromatic N) is 2. The number of hydrogen-bond donors (Lipinski definition) is 1. The summed E-state index contributed by atoms with van der Waals surface area (Å²) in [7, 11) is 4.36. The summed E-state index contributed by atoms with van der Waals surface area (Å²) in [5.41, 5.74) is -0.661. The second kappa shape index (κ2) is 9.63. The molecule has 1 N–H and O–H groups in total. The molecular formula is C22H20F3N3O5. The Kier molecular flexibility index (Phi) is 6.90. The van der Waals surface area contributed by atoms with Crippen molar-refractivity contribution < 1.29 is 32.2 Å². The summed E-state index contributed by atoms with van der Waals surface area (Å²) in [5.74, 6) is 0.394. The summed E-state index contributed by atoms with van der Waals surface area (Å²) in [5, 5.41) is 6.54. The van der Waals surface area contributed by atoms with Gasteiger partial charge in [-0.15, -0.1) is 0 Å². The molecule has 0 aliphatic heterocycles. The molecule has 33 heavy (non-hydrogen) atoms. The van der Waals surface area contributed by atoms with E-state index in [1.165, 1.54) is 45.6 Å². The maximum Gasteiger partial charge on any atom is 0.416 e. The number of rotatable bonds is 7. The molecule has 11 heteroatoms. The zero-order valence-electron chi connectivity index (χ0n) is 17.9. The molecule has 0 aliphatic rings. The van der Waals surface area contributed by atoms with Crippen molar-refractivity contribution in [1.82, 2.24) is 9.78 Å². The van der Waals surface area contributed by atoms with Crippen LogP contribution in [-0.2, 0) is 17.5 Å². The second-order valence-corrected chi connectivity index (χ2v) is 6.76. The Balaban J connectivity index is 1.87. The number of nitrogens with one attached hydrogen (secondary N) is 1. The smallest absolute Gasteiger partial charge is 0.416 e. The van der Waals surface area contributed by atoms with E-state index in [9.17, 15) is 22.8 Å². The van der Waals surface area contributed by atoms with Gasteiger partial charge in [-0.1, -0.05) is 6.07 Å². The highest BCUT2D eigenvalue weighted by Gasteiger charge is 2.30. The van der Waals surface area contributed by atoms with Gasteiger partial charge in [-0.25, -0.2) is 4.68 Å². The van der Waals surface area contributed by atoms with Crippen LogP contribution in [0.25, 0.3) is 11.3 Å². The standard InChI is InChI=1S/C22H20F3N3O5/c1-31-17-9-13(10-18(32-2)21(17)33-3)16-7-8-20(30)28(27-16)12-19(29)26-15-6-4-5-14(11-15)22(23,24)25/h4-11H,12H2,1-3H3,(H,26,29). The van der Waals surface area contributed by atoms with Crippen LogP contribution in [0, 0.1) is 0 Å². The number of alkyl halides is 3. The van der Waals surface area contributed by atoms with E-state index in [0.29, 0.717) is 28.5 Å². The molecule has 2 aromatic carbocycles. The summed E-state index contributed by atoms with van der Waals surface area (Å²) in [6.45, 7) is -0.507. The zero-order chi connectivity index (χ0) is 24.2. The Bertz CT molecular complexity index is 1200. The minimum absolute atomic E-state index is 0.0522. The molecule has 0 unspecified atom stereocenters. The summed E-state index contributed by atoms with van der Waals surface area (Å²) in [6, 6.07) is 10.1. The van der Waals surface area contributed by atoms with Crippen molar-refractivity contribution in [3.05, 3.63) is 64.4 Å². The van der Waals surface area contributed by atoms with Crippen molar-refractivity contribution in [2.24, 2.45) is 0 Å². The predicted octanol–water partition coefficient (Wildman–Crippen LogP) is 3.59. The third-order valence-corrected chi connectivity index (χ3v) is 4.59. The highest BCUT2D eigenvalue weighted by molar-refractivity contribution is 5.90. The van der Waals surface area contributed by atoms with Gasteiger partial charge < -0.3 is 19.5 Å². The third-order valence-electron chi connectivity index (χ3n) is 4.59. The Hall–Kier alpha value is -4.02. The van der Waals surface area contributed by atoms with Crippen LogP contribution < -0.4 is 25.1 Å². The lowest BCUT2D eigenvalue weighted by Crippen LogP contribution is -2.29. The molecule has 0 bridgehead atoms. The SMILES string of the molecule is COc1cc(-c2ccc(=O)n(CC(=O)Nc3cccc(C(F)(F)F)c3)n2)cc(OC)c1OC. The quantitative estimate of drug-likeness (QED) is 0.576. The second-order valence-electron chi connectivity index (χ2n) is 6.76. The molecule has 0 atom stereocenters. The van der Waals surface area contributed by atoms with Crippen LogP contribution in [0.4, 0.5) is 18.9 Å². The van der Waals surface area contributed by atoms with Gasteiger partial charge in [0.1, 0.15) is 6.54 Å². The average Bonchev–Trinajstić information content (AvgIpc) is 2.79. The van der Waals surface area contributed by atoms with Gasteiger partial charge in [-0.3, -0.25) is 9.59 Å². The number of carbonyl (C=O) groups excluding carboxylic acids is 1. The Morgan fingerprint density at radius 3 is 2.24 bits per heavy atom. The predicted molar refractivity (Wildman–Crippen MR) is 114 cm³/mol. The summed E-state index contributed by atoms with van der Waals surface area (Å²) in [4.78, 5) is 24.6. The highest BCUT2D eigenvalue weighted by atomic mass is 19.4. The van der Waals surface area contributed by atoms with E-state index in [1.54, 1.807) is 12.1 Å². The first-order valence-corrected chi connectivity index (χ1v) is 9.52. The fraction of sp³-hybridized carbons (Fsp3) is 0.227. The maximum atomic E-state index is 12.9. The van der Waals surface area contributed by atoms with Crippen LogP contribution >= 0.6 is 0 Å². The molecule has 0 saturated heterocycles. The summed E-state index contributed by atoms with van der Waals surface area (Å²) >= 11 is 0. The minimum Gasteiger partial charge on any atom is -0.493 e. The van der Waals surface area contributed by atoms with E-state index in [1.807, 2.05) is 0 Å². The van der Waals surface area contributed by atoms with Gasteiger partial charge in [0.2, 0.25) is 11.7 Å². The Morgan fingerprint density at radius 2 is 1.67 bits per heavy atom. The number of benzene rings is 2. The van der Waals surface area contributed by atoms with Crippen molar-refractivity contribution >= 4 is 11.6 Å². The molecule has 0 radical (unpaired) electrons. The van der Waals surface area contributed by atoms with Gasteiger partial charge >= 0.3 is 6.18 Å². The van der Waals surface area contributed by atoms with Gasteiger partial charge in [-0.05, 0) is 36.4 Å². The lowest BCUT2D eigenvalue weighted by molar-refractivity contribution is -0.137. The molecule has 0 saturated carbocycles. The van der Waals surface area contributed by atoms with E-state index in [2.05, 4.69) is 10.4 Å². The van der Waals surface area contributed by atoms with E-state index in [4.69, 9.17) is 14.2 Å². The number of carbonyl (C=O) groups is 1. The topological polar surface area (TPSA) is 91.7 Å². The summed E-state index contributed by atoms with van der Waals surface area (Å²) < 4.78 is 55.4. The molecular weight excluding hydrogens is 443 g/mol. The van der Waals surface area contributed by atoms with E-state index < -0.39 is 29.8 Å². The normalized spacial score (nSPS) is 11.1. The number of halogens is 3. The molecule has 0 aliphatic carbocycles. The van der Waals surface area contributed by atoms with Crippen molar-refractivity contribution in [2.75, 3.05) is 26.6 Å².